The number of hydrogen-bond donors (Lipinski definition) is 1. The van der Waals surface area contributed by atoms with E-state index in [-0.39, 0.29) is 6.61 Å². The summed E-state index contributed by atoms with van der Waals surface area (Å²) in [6, 6.07) is 3.90. The fourth-order valence-corrected chi connectivity index (χ4v) is 2.94. The lowest BCUT2D eigenvalue weighted by atomic mass is 10.1. The summed E-state index contributed by atoms with van der Waals surface area (Å²) in [5.41, 5.74) is 1.82. The Morgan fingerprint density at radius 3 is 3.11 bits per heavy atom. The number of fused-ring (bicyclic) bond motifs is 1. The van der Waals surface area contributed by atoms with Crippen molar-refractivity contribution in [3.05, 3.63) is 24.2 Å². The third-order valence-corrected chi connectivity index (χ3v) is 3.94. The SMILES string of the molecule is CCN1CCC(c2nc3cccnc3n2CCO)C1. The molecule has 0 saturated carbocycles. The Kier molecular flexibility index (Phi) is 3.48. The lowest BCUT2D eigenvalue weighted by molar-refractivity contribution is 0.274. The van der Waals surface area contributed by atoms with Crippen molar-refractivity contribution in [3.8, 4) is 0 Å². The van der Waals surface area contributed by atoms with Crippen LogP contribution in [0.15, 0.2) is 18.3 Å². The molecule has 2 aromatic heterocycles. The molecule has 3 rings (SSSR count). The van der Waals surface area contributed by atoms with Gasteiger partial charge in [0.2, 0.25) is 0 Å². The molecule has 0 radical (unpaired) electrons. The molecule has 1 N–H and O–H groups in total. The van der Waals surface area contributed by atoms with Crippen LogP contribution in [-0.2, 0) is 6.54 Å². The van der Waals surface area contributed by atoms with Crippen LogP contribution in [0.4, 0.5) is 0 Å². The van der Waals surface area contributed by atoms with Crippen LogP contribution < -0.4 is 0 Å². The van der Waals surface area contributed by atoms with Gasteiger partial charge in [-0.15, -0.1) is 0 Å². The van der Waals surface area contributed by atoms with Crippen LogP contribution in [0.2, 0.25) is 0 Å². The second-order valence-electron chi connectivity index (χ2n) is 5.07. The molecule has 0 bridgehead atoms. The Balaban J connectivity index is 2.00. The number of aliphatic hydroxyl groups excluding tert-OH is 1. The number of nitrogens with zero attached hydrogens (tertiary/aromatic N) is 4. The molecule has 0 spiro atoms. The first kappa shape index (κ1) is 12.6. The van der Waals surface area contributed by atoms with E-state index in [0.717, 1.165) is 43.0 Å². The van der Waals surface area contributed by atoms with Crippen molar-refractivity contribution >= 4 is 11.2 Å². The minimum atomic E-state index is 0.124. The normalized spacial score (nSPS) is 20.4. The lowest BCUT2D eigenvalue weighted by Gasteiger charge is -2.14. The van der Waals surface area contributed by atoms with E-state index in [1.807, 2.05) is 12.1 Å². The third-order valence-electron chi connectivity index (χ3n) is 3.94. The molecular weight excluding hydrogens is 240 g/mol. The van der Waals surface area contributed by atoms with Gasteiger partial charge in [0.05, 0.1) is 6.61 Å². The van der Waals surface area contributed by atoms with E-state index in [1.165, 1.54) is 0 Å². The summed E-state index contributed by atoms with van der Waals surface area (Å²) >= 11 is 0. The number of pyridine rings is 1. The predicted molar refractivity (Wildman–Crippen MR) is 74.1 cm³/mol. The van der Waals surface area contributed by atoms with Crippen LogP contribution in [-0.4, -0.2) is 50.8 Å². The van der Waals surface area contributed by atoms with Crippen LogP contribution in [0.25, 0.3) is 11.2 Å². The highest BCUT2D eigenvalue weighted by Crippen LogP contribution is 2.28. The number of aromatic nitrogens is 3. The summed E-state index contributed by atoms with van der Waals surface area (Å²) in [5, 5.41) is 9.28. The van der Waals surface area contributed by atoms with Gasteiger partial charge in [-0.3, -0.25) is 0 Å². The zero-order chi connectivity index (χ0) is 13.2. The zero-order valence-electron chi connectivity index (χ0n) is 11.3. The number of likely N-dealkylation sites (N-methyl/N-ethyl adjacent to an activating group) is 1. The van der Waals surface area contributed by atoms with Crippen molar-refractivity contribution in [1.29, 1.82) is 0 Å². The maximum Gasteiger partial charge on any atom is 0.160 e. The van der Waals surface area contributed by atoms with Crippen LogP contribution in [0.5, 0.6) is 0 Å². The second-order valence-corrected chi connectivity index (χ2v) is 5.07. The molecule has 5 nitrogen and oxygen atoms in total. The van der Waals surface area contributed by atoms with Gasteiger partial charge in [-0.05, 0) is 31.6 Å². The highest BCUT2D eigenvalue weighted by atomic mass is 16.3. The van der Waals surface area contributed by atoms with E-state index >= 15 is 0 Å². The molecule has 1 saturated heterocycles. The van der Waals surface area contributed by atoms with Crippen LogP contribution >= 0.6 is 0 Å². The van der Waals surface area contributed by atoms with Crippen LogP contribution in [0.3, 0.4) is 0 Å². The van der Waals surface area contributed by atoms with Gasteiger partial charge in [0.1, 0.15) is 11.3 Å². The molecule has 0 aliphatic carbocycles. The van der Waals surface area contributed by atoms with E-state index in [1.54, 1.807) is 6.20 Å². The molecule has 2 aromatic rings. The van der Waals surface area contributed by atoms with Gasteiger partial charge in [0.25, 0.3) is 0 Å². The molecule has 1 aliphatic rings. The quantitative estimate of drug-likeness (QED) is 0.898. The van der Waals surface area contributed by atoms with E-state index < -0.39 is 0 Å². The van der Waals surface area contributed by atoms with Crippen molar-refractivity contribution in [2.45, 2.75) is 25.8 Å². The molecule has 0 aromatic carbocycles. The minimum Gasteiger partial charge on any atom is -0.395 e. The topological polar surface area (TPSA) is 54.2 Å². The Hall–Kier alpha value is -1.46. The van der Waals surface area contributed by atoms with Crippen LogP contribution in [0, 0.1) is 0 Å². The molecule has 3 heterocycles. The van der Waals surface area contributed by atoms with Gasteiger partial charge in [0, 0.05) is 25.2 Å². The summed E-state index contributed by atoms with van der Waals surface area (Å²) < 4.78 is 2.08. The van der Waals surface area contributed by atoms with Gasteiger partial charge in [0.15, 0.2) is 5.65 Å². The zero-order valence-corrected chi connectivity index (χ0v) is 11.3. The molecule has 1 fully saturated rings. The first-order valence-electron chi connectivity index (χ1n) is 6.97. The molecule has 102 valence electrons. The first-order chi connectivity index (χ1) is 9.33. The molecule has 1 aliphatic heterocycles. The molecule has 19 heavy (non-hydrogen) atoms. The number of rotatable bonds is 4. The summed E-state index contributed by atoms with van der Waals surface area (Å²) in [6.45, 7) is 6.18. The molecule has 5 heteroatoms. The Morgan fingerprint density at radius 2 is 2.37 bits per heavy atom. The highest BCUT2D eigenvalue weighted by molar-refractivity contribution is 5.71. The number of hydrogen-bond acceptors (Lipinski definition) is 4. The van der Waals surface area contributed by atoms with Gasteiger partial charge < -0.3 is 14.6 Å². The van der Waals surface area contributed by atoms with Gasteiger partial charge in [-0.25, -0.2) is 9.97 Å². The van der Waals surface area contributed by atoms with Crippen molar-refractivity contribution in [1.82, 2.24) is 19.4 Å². The van der Waals surface area contributed by atoms with Gasteiger partial charge in [-0.1, -0.05) is 6.92 Å². The second kappa shape index (κ2) is 5.27. The maximum atomic E-state index is 9.28. The fraction of sp³-hybridized carbons (Fsp3) is 0.571. The van der Waals surface area contributed by atoms with Crippen molar-refractivity contribution < 1.29 is 5.11 Å². The van der Waals surface area contributed by atoms with Crippen LogP contribution in [0.1, 0.15) is 25.1 Å². The Labute approximate surface area is 112 Å². The first-order valence-corrected chi connectivity index (χ1v) is 6.97. The smallest absolute Gasteiger partial charge is 0.160 e. The molecule has 0 amide bonds. The third kappa shape index (κ3) is 2.24. The summed E-state index contributed by atoms with van der Waals surface area (Å²) in [5.74, 6) is 1.54. The predicted octanol–water partition coefficient (Wildman–Crippen LogP) is 1.23. The lowest BCUT2D eigenvalue weighted by Crippen LogP contribution is -2.20. The standard InChI is InChI=1S/C14H20N4O/c1-2-17-7-5-11(10-17)13-16-12-4-3-6-15-14(12)18(13)8-9-19/h3-4,6,11,19H,2,5,7-10H2,1H3. The van der Waals surface area contributed by atoms with Gasteiger partial charge in [-0.2, -0.15) is 0 Å². The van der Waals surface area contributed by atoms with E-state index in [2.05, 4.69) is 21.4 Å². The maximum absolute atomic E-state index is 9.28. The fourth-order valence-electron chi connectivity index (χ4n) is 2.94. The Morgan fingerprint density at radius 1 is 1.47 bits per heavy atom. The summed E-state index contributed by atoms with van der Waals surface area (Å²) in [7, 11) is 0. The summed E-state index contributed by atoms with van der Waals surface area (Å²) in [4.78, 5) is 11.6. The monoisotopic (exact) mass is 260 g/mol. The molecular formula is C14H20N4O. The van der Waals surface area contributed by atoms with E-state index in [9.17, 15) is 5.11 Å². The number of imidazole rings is 1. The van der Waals surface area contributed by atoms with E-state index in [0.29, 0.717) is 12.5 Å². The van der Waals surface area contributed by atoms with Crippen molar-refractivity contribution in [2.75, 3.05) is 26.2 Å². The summed E-state index contributed by atoms with van der Waals surface area (Å²) in [6.07, 6.45) is 2.93. The Bertz CT molecular complexity index is 566. The van der Waals surface area contributed by atoms with Crippen molar-refractivity contribution in [3.63, 3.8) is 0 Å². The number of likely N-dealkylation sites (tertiary alicyclic amines) is 1. The average molecular weight is 260 g/mol. The minimum absolute atomic E-state index is 0.124. The average Bonchev–Trinajstić information content (AvgIpc) is 3.04. The molecule has 1 atom stereocenters. The van der Waals surface area contributed by atoms with E-state index in [4.69, 9.17) is 4.98 Å². The van der Waals surface area contributed by atoms with Gasteiger partial charge >= 0.3 is 0 Å². The number of aliphatic hydroxyl groups is 1. The largest absolute Gasteiger partial charge is 0.395 e. The highest BCUT2D eigenvalue weighted by Gasteiger charge is 2.27. The molecule has 1 unspecified atom stereocenters. The van der Waals surface area contributed by atoms with Crippen molar-refractivity contribution in [2.24, 2.45) is 0 Å².